The van der Waals surface area contributed by atoms with Crippen LogP contribution in [0.1, 0.15) is 37.5 Å². The summed E-state index contributed by atoms with van der Waals surface area (Å²) in [6, 6.07) is 0. The summed E-state index contributed by atoms with van der Waals surface area (Å²) in [5, 5.41) is 17.0. The molecule has 0 radical (unpaired) electrons. The Bertz CT molecular complexity index is 305. The summed E-state index contributed by atoms with van der Waals surface area (Å²) >= 11 is 0. The predicted molar refractivity (Wildman–Crippen MR) is 49.5 cm³/mol. The van der Waals surface area contributed by atoms with Gasteiger partial charge in [-0.15, -0.1) is 10.2 Å². The molecule has 1 aromatic heterocycles. The quantitative estimate of drug-likeness (QED) is 0.772. The minimum atomic E-state index is -0.0619. The summed E-state index contributed by atoms with van der Waals surface area (Å²) < 4.78 is 7.46. The Morgan fingerprint density at radius 2 is 2.43 bits per heavy atom. The highest BCUT2D eigenvalue weighted by Crippen LogP contribution is 2.27. The molecule has 0 amide bonds. The zero-order valence-electron chi connectivity index (χ0n) is 8.31. The summed E-state index contributed by atoms with van der Waals surface area (Å²) in [6.45, 7) is 3.53. The van der Waals surface area contributed by atoms with Crippen molar-refractivity contribution < 1.29 is 9.84 Å². The molecular formula is C9H15N3O2. The molecule has 0 aromatic carbocycles. The van der Waals surface area contributed by atoms with E-state index in [-0.39, 0.29) is 12.7 Å². The van der Waals surface area contributed by atoms with Gasteiger partial charge < -0.3 is 14.4 Å². The topological polar surface area (TPSA) is 60.2 Å². The molecule has 0 aliphatic carbocycles. The molecule has 1 atom stereocenters. The van der Waals surface area contributed by atoms with E-state index >= 15 is 0 Å². The number of ether oxygens (including phenoxy) is 1. The van der Waals surface area contributed by atoms with Gasteiger partial charge in [0.15, 0.2) is 11.6 Å². The number of hydrogen-bond donors (Lipinski definition) is 1. The molecule has 2 rings (SSSR count). The first-order chi connectivity index (χ1) is 6.86. The van der Waals surface area contributed by atoms with Crippen LogP contribution in [0.2, 0.25) is 0 Å². The van der Waals surface area contributed by atoms with Crippen molar-refractivity contribution in [3.05, 3.63) is 11.6 Å². The molecule has 0 saturated carbocycles. The van der Waals surface area contributed by atoms with Crippen LogP contribution in [0.4, 0.5) is 0 Å². The fourth-order valence-electron chi connectivity index (χ4n) is 1.83. The molecule has 1 aromatic rings. The van der Waals surface area contributed by atoms with Gasteiger partial charge in [-0.2, -0.15) is 0 Å². The number of hydrogen-bond acceptors (Lipinski definition) is 4. The summed E-state index contributed by atoms with van der Waals surface area (Å²) in [5.41, 5.74) is 0. The SMILES string of the molecule is CCn1c(CO)nnc1C1CCCO1. The van der Waals surface area contributed by atoms with E-state index in [1.165, 1.54) is 0 Å². The van der Waals surface area contributed by atoms with E-state index in [4.69, 9.17) is 9.84 Å². The minimum Gasteiger partial charge on any atom is -0.388 e. The van der Waals surface area contributed by atoms with E-state index in [0.717, 1.165) is 31.8 Å². The molecule has 1 unspecified atom stereocenters. The van der Waals surface area contributed by atoms with E-state index in [1.807, 2.05) is 11.5 Å². The third kappa shape index (κ3) is 1.53. The second-order valence-corrected chi connectivity index (χ2v) is 3.38. The molecule has 1 saturated heterocycles. The van der Waals surface area contributed by atoms with Crippen molar-refractivity contribution in [3.8, 4) is 0 Å². The summed E-state index contributed by atoms with van der Waals surface area (Å²) in [5.74, 6) is 1.48. The molecule has 14 heavy (non-hydrogen) atoms. The molecule has 5 nitrogen and oxygen atoms in total. The zero-order chi connectivity index (χ0) is 9.97. The van der Waals surface area contributed by atoms with Gasteiger partial charge in [-0.3, -0.25) is 0 Å². The van der Waals surface area contributed by atoms with E-state index in [0.29, 0.717) is 5.82 Å². The average molecular weight is 197 g/mol. The first-order valence-electron chi connectivity index (χ1n) is 5.01. The Morgan fingerprint density at radius 1 is 1.57 bits per heavy atom. The van der Waals surface area contributed by atoms with Crippen LogP contribution in [-0.4, -0.2) is 26.5 Å². The smallest absolute Gasteiger partial charge is 0.162 e. The van der Waals surface area contributed by atoms with E-state index in [9.17, 15) is 0 Å². The highest BCUT2D eigenvalue weighted by atomic mass is 16.5. The summed E-state index contributed by atoms with van der Waals surface area (Å²) in [6.07, 6.45) is 2.15. The molecule has 2 heterocycles. The lowest BCUT2D eigenvalue weighted by atomic mass is 10.2. The van der Waals surface area contributed by atoms with Gasteiger partial charge in [0.05, 0.1) is 0 Å². The zero-order valence-corrected chi connectivity index (χ0v) is 8.31. The van der Waals surface area contributed by atoms with Crippen molar-refractivity contribution in [1.82, 2.24) is 14.8 Å². The van der Waals surface area contributed by atoms with E-state index in [1.54, 1.807) is 0 Å². The maximum atomic E-state index is 9.04. The van der Waals surface area contributed by atoms with E-state index in [2.05, 4.69) is 10.2 Å². The highest BCUT2D eigenvalue weighted by Gasteiger charge is 2.24. The van der Waals surface area contributed by atoms with Crippen LogP contribution in [0.3, 0.4) is 0 Å². The Hall–Kier alpha value is -0.940. The molecule has 1 aliphatic heterocycles. The second-order valence-electron chi connectivity index (χ2n) is 3.38. The van der Waals surface area contributed by atoms with Crippen LogP contribution < -0.4 is 0 Å². The molecular weight excluding hydrogens is 182 g/mol. The van der Waals surface area contributed by atoms with Gasteiger partial charge in [0.25, 0.3) is 0 Å². The van der Waals surface area contributed by atoms with Crippen LogP contribution >= 0.6 is 0 Å². The van der Waals surface area contributed by atoms with Crippen molar-refractivity contribution in [2.45, 2.75) is 39.0 Å². The van der Waals surface area contributed by atoms with Gasteiger partial charge in [-0.05, 0) is 19.8 Å². The lowest BCUT2D eigenvalue weighted by Gasteiger charge is -2.10. The third-order valence-corrected chi connectivity index (χ3v) is 2.53. The van der Waals surface area contributed by atoms with Crippen LogP contribution in [-0.2, 0) is 17.9 Å². The fourth-order valence-corrected chi connectivity index (χ4v) is 1.83. The maximum Gasteiger partial charge on any atom is 0.162 e. The number of aliphatic hydroxyl groups is 1. The standard InChI is InChI=1S/C9H15N3O2/c1-2-12-8(6-13)10-11-9(12)7-4-3-5-14-7/h7,13H,2-6H2,1H3. The fraction of sp³-hybridized carbons (Fsp3) is 0.778. The van der Waals surface area contributed by atoms with Crippen molar-refractivity contribution in [3.63, 3.8) is 0 Å². The minimum absolute atomic E-state index is 0.0619. The Balaban J connectivity index is 2.27. The van der Waals surface area contributed by atoms with E-state index < -0.39 is 0 Å². The van der Waals surface area contributed by atoms with Crippen LogP contribution in [0.15, 0.2) is 0 Å². The Kier molecular flexibility index (Phi) is 2.79. The summed E-state index contributed by atoms with van der Waals surface area (Å²) in [4.78, 5) is 0. The largest absolute Gasteiger partial charge is 0.388 e. The molecule has 1 fully saturated rings. The van der Waals surface area contributed by atoms with Crippen LogP contribution in [0, 0.1) is 0 Å². The Labute approximate surface area is 82.7 Å². The first-order valence-corrected chi connectivity index (χ1v) is 5.01. The molecule has 78 valence electrons. The Morgan fingerprint density at radius 3 is 3.00 bits per heavy atom. The van der Waals surface area contributed by atoms with Gasteiger partial charge in [0.1, 0.15) is 12.7 Å². The summed E-state index contributed by atoms with van der Waals surface area (Å²) in [7, 11) is 0. The molecule has 0 spiro atoms. The van der Waals surface area contributed by atoms with Crippen molar-refractivity contribution >= 4 is 0 Å². The maximum absolute atomic E-state index is 9.04. The molecule has 1 N–H and O–H groups in total. The second kappa shape index (κ2) is 4.06. The normalized spacial score (nSPS) is 21.7. The van der Waals surface area contributed by atoms with Gasteiger partial charge in [0, 0.05) is 13.2 Å². The average Bonchev–Trinajstić information content (AvgIpc) is 2.85. The van der Waals surface area contributed by atoms with Crippen molar-refractivity contribution in [1.29, 1.82) is 0 Å². The van der Waals surface area contributed by atoms with Crippen molar-refractivity contribution in [2.75, 3.05) is 6.61 Å². The van der Waals surface area contributed by atoms with Crippen molar-refractivity contribution in [2.24, 2.45) is 0 Å². The number of nitrogens with zero attached hydrogens (tertiary/aromatic N) is 3. The predicted octanol–water partition coefficient (Wildman–Crippen LogP) is 0.642. The molecule has 1 aliphatic rings. The van der Waals surface area contributed by atoms with Gasteiger partial charge >= 0.3 is 0 Å². The van der Waals surface area contributed by atoms with Gasteiger partial charge in [-0.25, -0.2) is 0 Å². The number of rotatable bonds is 3. The number of aromatic nitrogens is 3. The number of aliphatic hydroxyl groups excluding tert-OH is 1. The van der Waals surface area contributed by atoms with Gasteiger partial charge in [-0.1, -0.05) is 0 Å². The molecule has 0 bridgehead atoms. The van der Waals surface area contributed by atoms with Gasteiger partial charge in [0.2, 0.25) is 0 Å². The monoisotopic (exact) mass is 197 g/mol. The third-order valence-electron chi connectivity index (χ3n) is 2.53. The lowest BCUT2D eigenvalue weighted by Crippen LogP contribution is -2.10. The van der Waals surface area contributed by atoms with Crippen LogP contribution in [0.25, 0.3) is 0 Å². The molecule has 5 heteroatoms. The highest BCUT2D eigenvalue weighted by molar-refractivity contribution is 4.99. The first kappa shape index (κ1) is 9.61. The lowest BCUT2D eigenvalue weighted by molar-refractivity contribution is 0.101. The van der Waals surface area contributed by atoms with Crippen LogP contribution in [0.5, 0.6) is 0 Å².